The third-order valence-corrected chi connectivity index (χ3v) is 4.03. The minimum absolute atomic E-state index is 0.562. The van der Waals surface area contributed by atoms with Crippen LogP contribution < -0.4 is 10.2 Å². The van der Waals surface area contributed by atoms with Crippen molar-refractivity contribution in [2.75, 3.05) is 39.8 Å². The van der Waals surface area contributed by atoms with Gasteiger partial charge in [-0.05, 0) is 36.1 Å². The van der Waals surface area contributed by atoms with Crippen molar-refractivity contribution in [2.45, 2.75) is 19.9 Å². The summed E-state index contributed by atoms with van der Waals surface area (Å²) in [7, 11) is 0.185. The van der Waals surface area contributed by atoms with E-state index in [1.54, 1.807) is 19.2 Å². The molecule has 1 aromatic rings. The summed E-state index contributed by atoms with van der Waals surface area (Å²) in [6.07, 6.45) is 1.19. The van der Waals surface area contributed by atoms with Crippen molar-refractivity contribution in [3.05, 3.63) is 23.8 Å². The normalized spacial score (nSPS) is 17.0. The minimum Gasteiger partial charge on any atom is -0.497 e. The van der Waals surface area contributed by atoms with Gasteiger partial charge < -0.3 is 19.7 Å². The molecule has 0 unspecified atom stereocenters. The third kappa shape index (κ3) is 4.44. The van der Waals surface area contributed by atoms with Gasteiger partial charge >= 0.3 is 7.12 Å². The second kappa shape index (κ2) is 7.80. The molecule has 0 spiro atoms. The molecule has 0 saturated carbocycles. The Morgan fingerprint density at radius 1 is 1.14 bits per heavy atom. The molecule has 1 aliphatic rings. The van der Waals surface area contributed by atoms with E-state index in [4.69, 9.17) is 4.74 Å². The zero-order valence-corrected chi connectivity index (χ0v) is 13.0. The summed E-state index contributed by atoms with van der Waals surface area (Å²) < 4.78 is 5.24. The molecular formula is C15H25BN2O3. The van der Waals surface area contributed by atoms with E-state index >= 15 is 0 Å². The van der Waals surface area contributed by atoms with Crippen LogP contribution in [0.4, 0.5) is 0 Å². The van der Waals surface area contributed by atoms with Gasteiger partial charge in [-0.3, -0.25) is 4.90 Å². The van der Waals surface area contributed by atoms with Gasteiger partial charge in [0, 0.05) is 32.7 Å². The highest BCUT2D eigenvalue weighted by Crippen LogP contribution is 2.14. The average Bonchev–Trinajstić information content (AvgIpc) is 2.49. The van der Waals surface area contributed by atoms with Crippen LogP contribution in [0.3, 0.4) is 0 Å². The van der Waals surface area contributed by atoms with Crippen molar-refractivity contribution < 1.29 is 14.8 Å². The maximum Gasteiger partial charge on any atom is 0.488 e. The smallest absolute Gasteiger partial charge is 0.488 e. The van der Waals surface area contributed by atoms with Crippen LogP contribution in [-0.2, 0) is 6.54 Å². The number of nitrogens with zero attached hydrogens (tertiary/aromatic N) is 2. The topological polar surface area (TPSA) is 56.2 Å². The van der Waals surface area contributed by atoms with Gasteiger partial charge in [0.05, 0.1) is 7.11 Å². The molecule has 1 saturated heterocycles. The minimum atomic E-state index is -1.44. The van der Waals surface area contributed by atoms with E-state index in [2.05, 4.69) is 16.7 Å². The Morgan fingerprint density at radius 2 is 1.81 bits per heavy atom. The highest BCUT2D eigenvalue weighted by Gasteiger charge is 2.21. The molecule has 0 aliphatic carbocycles. The molecule has 0 amide bonds. The number of ether oxygens (including phenoxy) is 1. The summed E-state index contributed by atoms with van der Waals surface area (Å²) in [4.78, 5) is 4.83. The van der Waals surface area contributed by atoms with Crippen LogP contribution in [0.2, 0.25) is 0 Å². The van der Waals surface area contributed by atoms with Gasteiger partial charge in [0.15, 0.2) is 0 Å². The lowest BCUT2D eigenvalue weighted by molar-refractivity contribution is 0.127. The van der Waals surface area contributed by atoms with Crippen LogP contribution >= 0.6 is 0 Å². The molecule has 1 heterocycles. The van der Waals surface area contributed by atoms with Gasteiger partial charge in [-0.15, -0.1) is 0 Å². The van der Waals surface area contributed by atoms with Gasteiger partial charge in [0.1, 0.15) is 5.75 Å². The van der Waals surface area contributed by atoms with Gasteiger partial charge in [-0.2, -0.15) is 0 Å². The van der Waals surface area contributed by atoms with Gasteiger partial charge in [-0.1, -0.05) is 13.0 Å². The summed E-state index contributed by atoms with van der Waals surface area (Å²) in [5.41, 5.74) is 1.49. The lowest BCUT2D eigenvalue weighted by atomic mass is 9.77. The molecule has 116 valence electrons. The fraction of sp³-hybridized carbons (Fsp3) is 0.600. The largest absolute Gasteiger partial charge is 0.497 e. The predicted octanol–water partition coefficient (Wildman–Crippen LogP) is -0.0974. The molecule has 0 radical (unpaired) electrons. The number of hydrogen-bond donors (Lipinski definition) is 2. The van der Waals surface area contributed by atoms with Crippen molar-refractivity contribution in [3.8, 4) is 5.75 Å². The van der Waals surface area contributed by atoms with E-state index in [-0.39, 0.29) is 0 Å². The zero-order valence-electron chi connectivity index (χ0n) is 13.0. The molecule has 0 atom stereocenters. The maximum atomic E-state index is 9.50. The third-order valence-electron chi connectivity index (χ3n) is 4.03. The second-order valence-electron chi connectivity index (χ2n) is 5.56. The highest BCUT2D eigenvalue weighted by molar-refractivity contribution is 6.59. The molecule has 0 aromatic heterocycles. The van der Waals surface area contributed by atoms with Crippen LogP contribution in [0.25, 0.3) is 0 Å². The molecule has 1 aliphatic heterocycles. The van der Waals surface area contributed by atoms with Crippen LogP contribution in [-0.4, -0.2) is 66.8 Å². The quantitative estimate of drug-likeness (QED) is 0.717. The summed E-state index contributed by atoms with van der Waals surface area (Å²) in [5.74, 6) is 0.749. The van der Waals surface area contributed by atoms with E-state index in [0.29, 0.717) is 5.46 Å². The molecule has 5 nitrogen and oxygen atoms in total. The first-order chi connectivity index (χ1) is 10.1. The fourth-order valence-electron chi connectivity index (χ4n) is 2.83. The standard InChI is InChI=1S/C15H25BN2O3/c1-3-6-17-7-9-18(10-8-17)12-13-11-14(21-2)4-5-15(13)16(19)20/h4-5,11,19-20H,3,6-10,12H2,1-2H3. The lowest BCUT2D eigenvalue weighted by Crippen LogP contribution is -2.47. The lowest BCUT2D eigenvalue weighted by Gasteiger charge is -2.34. The van der Waals surface area contributed by atoms with E-state index in [0.717, 1.165) is 50.6 Å². The monoisotopic (exact) mass is 292 g/mol. The SMILES string of the molecule is CCCN1CCN(Cc2cc(OC)ccc2B(O)O)CC1. The molecule has 2 N–H and O–H groups in total. The first-order valence-electron chi connectivity index (χ1n) is 7.61. The van der Waals surface area contributed by atoms with Gasteiger partial charge in [0.2, 0.25) is 0 Å². The van der Waals surface area contributed by atoms with E-state index in [9.17, 15) is 10.0 Å². The Hall–Kier alpha value is -1.08. The van der Waals surface area contributed by atoms with Crippen molar-refractivity contribution in [1.29, 1.82) is 0 Å². The van der Waals surface area contributed by atoms with Crippen molar-refractivity contribution in [2.24, 2.45) is 0 Å². The summed E-state index contributed by atoms with van der Waals surface area (Å²) in [6, 6.07) is 5.39. The van der Waals surface area contributed by atoms with Crippen LogP contribution in [0.5, 0.6) is 5.75 Å². The predicted molar refractivity (Wildman–Crippen MR) is 84.8 cm³/mol. The maximum absolute atomic E-state index is 9.50. The number of methoxy groups -OCH3 is 1. The van der Waals surface area contributed by atoms with Crippen molar-refractivity contribution >= 4 is 12.6 Å². The van der Waals surface area contributed by atoms with E-state index in [1.165, 1.54) is 6.42 Å². The molecular weight excluding hydrogens is 267 g/mol. The second-order valence-corrected chi connectivity index (χ2v) is 5.56. The molecule has 1 fully saturated rings. The molecule has 0 bridgehead atoms. The zero-order chi connectivity index (χ0) is 15.2. The Bertz CT molecular complexity index is 449. The first kappa shape index (κ1) is 16.3. The Balaban J connectivity index is 2.02. The van der Waals surface area contributed by atoms with Crippen molar-refractivity contribution in [1.82, 2.24) is 9.80 Å². The highest BCUT2D eigenvalue weighted by atomic mass is 16.5. The van der Waals surface area contributed by atoms with Crippen LogP contribution in [0.1, 0.15) is 18.9 Å². The van der Waals surface area contributed by atoms with Crippen LogP contribution in [0, 0.1) is 0 Å². The first-order valence-corrected chi connectivity index (χ1v) is 7.61. The number of hydrogen-bond acceptors (Lipinski definition) is 5. The number of piperazine rings is 1. The van der Waals surface area contributed by atoms with Gasteiger partial charge in [0.25, 0.3) is 0 Å². The van der Waals surface area contributed by atoms with Gasteiger partial charge in [-0.25, -0.2) is 0 Å². The van der Waals surface area contributed by atoms with E-state index < -0.39 is 7.12 Å². The van der Waals surface area contributed by atoms with Crippen molar-refractivity contribution in [3.63, 3.8) is 0 Å². The summed E-state index contributed by atoms with van der Waals surface area (Å²) >= 11 is 0. The van der Waals surface area contributed by atoms with E-state index in [1.807, 2.05) is 6.07 Å². The summed E-state index contributed by atoms with van der Waals surface area (Å²) in [6.45, 7) is 8.27. The average molecular weight is 292 g/mol. The Labute approximate surface area is 127 Å². The Kier molecular flexibility index (Phi) is 6.05. The van der Waals surface area contributed by atoms with Crippen LogP contribution in [0.15, 0.2) is 18.2 Å². The molecule has 2 rings (SSSR count). The Morgan fingerprint density at radius 3 is 2.38 bits per heavy atom. The molecule has 6 heteroatoms. The molecule has 1 aromatic carbocycles. The fourth-order valence-corrected chi connectivity index (χ4v) is 2.83. The summed E-state index contributed by atoms with van der Waals surface area (Å²) in [5, 5.41) is 19.0. The number of rotatable bonds is 6. The molecule has 21 heavy (non-hydrogen) atoms. The number of benzene rings is 1.